The summed E-state index contributed by atoms with van der Waals surface area (Å²) in [4.78, 5) is 19.7. The summed E-state index contributed by atoms with van der Waals surface area (Å²) < 4.78 is 5.29. The Bertz CT molecular complexity index is 382. The van der Waals surface area contributed by atoms with Crippen molar-refractivity contribution in [2.45, 2.75) is 27.4 Å². The second kappa shape index (κ2) is 6.80. The maximum atomic E-state index is 11.4. The Morgan fingerprint density at radius 2 is 2.24 bits per heavy atom. The van der Waals surface area contributed by atoms with E-state index in [1.807, 2.05) is 13.8 Å². The van der Waals surface area contributed by atoms with Gasteiger partial charge >= 0.3 is 6.03 Å². The van der Waals surface area contributed by atoms with E-state index >= 15 is 0 Å². The van der Waals surface area contributed by atoms with Crippen LogP contribution >= 0.6 is 0 Å². The van der Waals surface area contributed by atoms with E-state index in [0.717, 1.165) is 5.56 Å². The Morgan fingerprint density at radius 1 is 1.47 bits per heavy atom. The van der Waals surface area contributed by atoms with Gasteiger partial charge in [-0.2, -0.15) is 0 Å². The van der Waals surface area contributed by atoms with Crippen molar-refractivity contribution in [2.24, 2.45) is 0 Å². The Morgan fingerprint density at radius 3 is 2.88 bits per heavy atom. The van der Waals surface area contributed by atoms with Crippen LogP contribution in [0.2, 0.25) is 0 Å². The first-order chi connectivity index (χ1) is 8.17. The average Bonchev–Trinajstić information content (AvgIpc) is 2.28. The van der Waals surface area contributed by atoms with E-state index in [-0.39, 0.29) is 6.03 Å². The van der Waals surface area contributed by atoms with Crippen LogP contribution in [0.25, 0.3) is 0 Å². The van der Waals surface area contributed by atoms with Crippen molar-refractivity contribution in [3.63, 3.8) is 0 Å². The number of rotatable bonds is 5. The number of carbonyl (C=O) groups excluding carboxylic acids is 1. The van der Waals surface area contributed by atoms with Crippen molar-refractivity contribution >= 4 is 11.8 Å². The molecule has 1 heterocycles. The lowest BCUT2D eigenvalue weighted by atomic mass is 10.3. The quantitative estimate of drug-likeness (QED) is 0.814. The lowest BCUT2D eigenvalue weighted by molar-refractivity contribution is 0.134. The second-order valence-electron chi connectivity index (χ2n) is 3.41. The van der Waals surface area contributed by atoms with Gasteiger partial charge < -0.3 is 10.1 Å². The minimum absolute atomic E-state index is 0.275. The highest BCUT2D eigenvalue weighted by Crippen LogP contribution is 2.12. The fourth-order valence-electron chi connectivity index (χ4n) is 1.23. The fraction of sp³-hybridized carbons (Fsp3) is 0.545. The lowest BCUT2D eigenvalue weighted by Crippen LogP contribution is -2.29. The topological polar surface area (TPSA) is 76.1 Å². The smallest absolute Gasteiger partial charge is 0.320 e. The molecule has 0 aliphatic heterocycles. The molecule has 1 aromatic rings. The number of hydrogen-bond acceptors (Lipinski definition) is 4. The summed E-state index contributed by atoms with van der Waals surface area (Å²) in [7, 11) is 0. The number of aryl methyl sites for hydroxylation is 1. The van der Waals surface area contributed by atoms with Crippen LogP contribution in [0, 0.1) is 6.92 Å². The molecule has 0 saturated carbocycles. The Hall–Kier alpha value is -1.69. The molecule has 0 bridgehead atoms. The molecule has 6 heteroatoms. The number of anilines is 1. The molecule has 0 saturated heterocycles. The third-order valence-electron chi connectivity index (χ3n) is 2.02. The zero-order chi connectivity index (χ0) is 12.7. The van der Waals surface area contributed by atoms with Crippen molar-refractivity contribution in [1.29, 1.82) is 0 Å². The molecule has 0 atom stereocenters. The summed E-state index contributed by atoms with van der Waals surface area (Å²) in [5.41, 5.74) is 0.767. The lowest BCUT2D eigenvalue weighted by Gasteiger charge is -2.10. The maximum Gasteiger partial charge on any atom is 0.320 e. The molecule has 6 nitrogen and oxygen atoms in total. The first kappa shape index (κ1) is 13.4. The van der Waals surface area contributed by atoms with Crippen LogP contribution < -0.4 is 10.6 Å². The monoisotopic (exact) mass is 238 g/mol. The number of amides is 2. The van der Waals surface area contributed by atoms with Crippen molar-refractivity contribution in [3.8, 4) is 0 Å². The van der Waals surface area contributed by atoms with Crippen LogP contribution in [0.5, 0.6) is 0 Å². The van der Waals surface area contributed by atoms with E-state index in [1.54, 1.807) is 13.1 Å². The summed E-state index contributed by atoms with van der Waals surface area (Å²) in [6.07, 6.45) is 1.67. The van der Waals surface area contributed by atoms with Crippen LogP contribution in [-0.4, -0.2) is 29.2 Å². The van der Waals surface area contributed by atoms with E-state index in [4.69, 9.17) is 4.74 Å². The van der Waals surface area contributed by atoms with E-state index < -0.39 is 0 Å². The molecule has 17 heavy (non-hydrogen) atoms. The van der Waals surface area contributed by atoms with Crippen LogP contribution in [-0.2, 0) is 11.3 Å². The molecule has 0 aliphatic carbocycles. The van der Waals surface area contributed by atoms with E-state index in [9.17, 15) is 4.79 Å². The summed E-state index contributed by atoms with van der Waals surface area (Å²) in [5.74, 6) is 1.11. The molecule has 2 amide bonds. The molecule has 0 aliphatic rings. The van der Waals surface area contributed by atoms with Crippen molar-refractivity contribution in [2.75, 3.05) is 18.5 Å². The minimum Gasteiger partial charge on any atom is -0.377 e. The summed E-state index contributed by atoms with van der Waals surface area (Å²) in [6.45, 7) is 7.09. The van der Waals surface area contributed by atoms with E-state index in [0.29, 0.717) is 31.4 Å². The molecule has 0 radical (unpaired) electrons. The molecule has 0 spiro atoms. The zero-order valence-electron chi connectivity index (χ0n) is 10.4. The number of hydrogen-bond donors (Lipinski definition) is 2. The van der Waals surface area contributed by atoms with E-state index in [2.05, 4.69) is 20.6 Å². The summed E-state index contributed by atoms with van der Waals surface area (Å²) in [5, 5.41) is 5.33. The van der Waals surface area contributed by atoms with Crippen LogP contribution in [0.4, 0.5) is 10.6 Å². The van der Waals surface area contributed by atoms with Gasteiger partial charge in [0, 0.05) is 24.9 Å². The van der Waals surface area contributed by atoms with Gasteiger partial charge in [0.05, 0.1) is 6.61 Å². The highest BCUT2D eigenvalue weighted by molar-refractivity contribution is 5.88. The van der Waals surface area contributed by atoms with Gasteiger partial charge in [0.15, 0.2) is 0 Å². The highest BCUT2D eigenvalue weighted by Gasteiger charge is 2.08. The van der Waals surface area contributed by atoms with Crippen molar-refractivity contribution in [3.05, 3.63) is 17.6 Å². The molecule has 1 rings (SSSR count). The highest BCUT2D eigenvalue weighted by atomic mass is 16.5. The number of aromatic nitrogens is 2. The summed E-state index contributed by atoms with van der Waals surface area (Å²) in [6, 6.07) is -0.275. The number of nitrogens with one attached hydrogen (secondary N) is 2. The third kappa shape index (κ3) is 4.36. The Labute approximate surface area is 101 Å². The number of nitrogens with zero attached hydrogens (tertiary/aromatic N) is 2. The molecule has 0 unspecified atom stereocenters. The fourth-order valence-corrected chi connectivity index (χ4v) is 1.23. The van der Waals surface area contributed by atoms with Crippen molar-refractivity contribution < 1.29 is 9.53 Å². The number of urea groups is 1. The van der Waals surface area contributed by atoms with Gasteiger partial charge in [-0.15, -0.1) is 0 Å². The van der Waals surface area contributed by atoms with Gasteiger partial charge in [0.1, 0.15) is 11.6 Å². The third-order valence-corrected chi connectivity index (χ3v) is 2.02. The standard InChI is InChI=1S/C11H18N4O2/c1-4-12-11(16)15-10-9(7-17-5-2)6-13-8(3)14-10/h6H,4-5,7H2,1-3H3,(H2,12,13,14,15,16). The zero-order valence-corrected chi connectivity index (χ0v) is 10.4. The van der Waals surface area contributed by atoms with Gasteiger partial charge in [-0.05, 0) is 20.8 Å². The van der Waals surface area contributed by atoms with Crippen LogP contribution in [0.3, 0.4) is 0 Å². The number of ether oxygens (including phenoxy) is 1. The molecule has 94 valence electrons. The van der Waals surface area contributed by atoms with Gasteiger partial charge in [-0.25, -0.2) is 14.8 Å². The largest absolute Gasteiger partial charge is 0.377 e. The van der Waals surface area contributed by atoms with E-state index in [1.165, 1.54) is 0 Å². The first-order valence-electron chi connectivity index (χ1n) is 5.62. The van der Waals surface area contributed by atoms with Gasteiger partial charge in [-0.3, -0.25) is 5.32 Å². The first-order valence-corrected chi connectivity index (χ1v) is 5.62. The average molecular weight is 238 g/mol. The number of carbonyl (C=O) groups is 1. The maximum absolute atomic E-state index is 11.4. The van der Waals surface area contributed by atoms with Crippen LogP contribution in [0.1, 0.15) is 25.2 Å². The molecule has 0 fully saturated rings. The molecule has 1 aromatic heterocycles. The predicted octanol–water partition coefficient (Wildman–Crippen LogP) is 1.46. The molecular weight excluding hydrogens is 220 g/mol. The van der Waals surface area contributed by atoms with Crippen molar-refractivity contribution in [1.82, 2.24) is 15.3 Å². The van der Waals surface area contributed by atoms with Crippen LogP contribution in [0.15, 0.2) is 6.20 Å². The predicted molar refractivity (Wildman–Crippen MR) is 64.8 cm³/mol. The molecule has 0 aromatic carbocycles. The van der Waals surface area contributed by atoms with Gasteiger partial charge in [-0.1, -0.05) is 0 Å². The Balaban J connectivity index is 2.79. The van der Waals surface area contributed by atoms with Gasteiger partial charge in [0.2, 0.25) is 0 Å². The summed E-state index contributed by atoms with van der Waals surface area (Å²) >= 11 is 0. The normalized spacial score (nSPS) is 10.1. The minimum atomic E-state index is -0.275. The SMILES string of the molecule is CCNC(=O)Nc1nc(C)ncc1COCC. The second-order valence-corrected chi connectivity index (χ2v) is 3.41. The Kier molecular flexibility index (Phi) is 5.35. The molecule has 2 N–H and O–H groups in total. The van der Waals surface area contributed by atoms with Gasteiger partial charge in [0.25, 0.3) is 0 Å². The molecular formula is C11H18N4O2.